The maximum Gasteiger partial charge on any atom is 0.254 e. The lowest BCUT2D eigenvalue weighted by Crippen LogP contribution is -2.38. The van der Waals surface area contributed by atoms with Crippen LogP contribution in [0.3, 0.4) is 0 Å². The van der Waals surface area contributed by atoms with Gasteiger partial charge in [-0.3, -0.25) is 14.6 Å². The van der Waals surface area contributed by atoms with Crippen LogP contribution in [-0.2, 0) is 17.6 Å². The van der Waals surface area contributed by atoms with Gasteiger partial charge in [-0.2, -0.15) is 0 Å². The van der Waals surface area contributed by atoms with E-state index >= 15 is 0 Å². The molecule has 5 nitrogen and oxygen atoms in total. The van der Waals surface area contributed by atoms with Crippen LogP contribution < -0.4 is 0 Å². The quantitative estimate of drug-likeness (QED) is 0.801. The molecule has 1 atom stereocenters. The standard InChI is InChI=1S/C26H26N2O3/c1-16-15-28(26(31)18-7-9-20(29)10-8-18)12-11-21(16)23-13-19(14-25(30)17-5-6-17)27-24-4-2-3-22(23)24/h2-3,7-11,13,16-17,29H,4-6,12,14-15H2,1H3. The van der Waals surface area contributed by atoms with Crippen molar-refractivity contribution >= 4 is 23.3 Å². The van der Waals surface area contributed by atoms with Gasteiger partial charge in [-0.25, -0.2) is 0 Å². The summed E-state index contributed by atoms with van der Waals surface area (Å²) >= 11 is 0. The topological polar surface area (TPSA) is 70.5 Å². The Hall–Kier alpha value is -3.21. The second-order valence-corrected chi connectivity index (χ2v) is 8.86. The molecule has 2 aliphatic carbocycles. The first-order valence-electron chi connectivity index (χ1n) is 11.0. The Labute approximate surface area is 182 Å². The van der Waals surface area contributed by atoms with Gasteiger partial charge in [-0.1, -0.05) is 25.2 Å². The molecule has 1 amide bonds. The third-order valence-electron chi connectivity index (χ3n) is 6.44. The van der Waals surface area contributed by atoms with E-state index in [1.165, 1.54) is 5.57 Å². The van der Waals surface area contributed by atoms with E-state index < -0.39 is 0 Å². The van der Waals surface area contributed by atoms with Crippen molar-refractivity contribution in [2.45, 2.75) is 32.6 Å². The summed E-state index contributed by atoms with van der Waals surface area (Å²) in [5.74, 6) is 0.839. The summed E-state index contributed by atoms with van der Waals surface area (Å²) in [4.78, 5) is 31.9. The summed E-state index contributed by atoms with van der Waals surface area (Å²) in [7, 11) is 0. The Morgan fingerprint density at radius 2 is 1.97 bits per heavy atom. The highest BCUT2D eigenvalue weighted by Crippen LogP contribution is 2.36. The third kappa shape index (κ3) is 3.92. The van der Waals surface area contributed by atoms with Crippen LogP contribution in [0.4, 0.5) is 0 Å². The number of aromatic hydroxyl groups is 1. The predicted octanol–water partition coefficient (Wildman–Crippen LogP) is 4.05. The minimum atomic E-state index is -0.0299. The SMILES string of the molecule is CC1CN(C(=O)c2ccc(O)cc2)CC=C1c1cc(CC(=O)C2CC2)nc2c1C=CC2. The lowest BCUT2D eigenvalue weighted by molar-refractivity contribution is -0.119. The molecular formula is C26H26N2O3. The molecule has 0 bridgehead atoms. The van der Waals surface area contributed by atoms with E-state index in [0.29, 0.717) is 30.9 Å². The van der Waals surface area contributed by atoms with Gasteiger partial charge >= 0.3 is 0 Å². The highest BCUT2D eigenvalue weighted by Gasteiger charge is 2.31. The number of pyridine rings is 1. The van der Waals surface area contributed by atoms with E-state index in [1.54, 1.807) is 24.3 Å². The smallest absolute Gasteiger partial charge is 0.254 e. The zero-order valence-corrected chi connectivity index (χ0v) is 17.7. The number of phenolic OH excluding ortho intramolecular Hbond substituents is 1. The molecule has 0 radical (unpaired) electrons. The molecule has 5 rings (SSSR count). The van der Waals surface area contributed by atoms with Gasteiger partial charge in [0, 0.05) is 48.7 Å². The van der Waals surface area contributed by atoms with Crippen LogP contribution in [0.25, 0.3) is 11.6 Å². The van der Waals surface area contributed by atoms with E-state index in [9.17, 15) is 14.7 Å². The number of phenols is 1. The van der Waals surface area contributed by atoms with Crippen molar-refractivity contribution < 1.29 is 14.7 Å². The van der Waals surface area contributed by atoms with Crippen molar-refractivity contribution in [3.63, 3.8) is 0 Å². The number of allylic oxidation sites excluding steroid dienone is 1. The summed E-state index contributed by atoms with van der Waals surface area (Å²) in [6.45, 7) is 3.31. The lowest BCUT2D eigenvalue weighted by Gasteiger charge is -2.32. The molecule has 0 spiro atoms. The molecule has 5 heteroatoms. The van der Waals surface area contributed by atoms with Gasteiger partial charge in [0.2, 0.25) is 0 Å². The Bertz CT molecular complexity index is 1110. The van der Waals surface area contributed by atoms with Gasteiger partial charge in [-0.05, 0) is 60.2 Å². The minimum absolute atomic E-state index is 0.0299. The second-order valence-electron chi connectivity index (χ2n) is 8.86. The van der Waals surface area contributed by atoms with Gasteiger partial charge in [0.05, 0.1) is 5.69 Å². The zero-order chi connectivity index (χ0) is 21.5. The zero-order valence-electron chi connectivity index (χ0n) is 17.7. The maximum atomic E-state index is 12.9. The van der Waals surface area contributed by atoms with Crippen LogP contribution in [0, 0.1) is 11.8 Å². The van der Waals surface area contributed by atoms with E-state index in [0.717, 1.165) is 41.8 Å². The first-order valence-corrected chi connectivity index (χ1v) is 11.0. The number of nitrogens with zero attached hydrogens (tertiary/aromatic N) is 2. The molecule has 31 heavy (non-hydrogen) atoms. The van der Waals surface area contributed by atoms with E-state index in [-0.39, 0.29) is 23.5 Å². The fourth-order valence-electron chi connectivity index (χ4n) is 4.59. The maximum absolute atomic E-state index is 12.9. The molecule has 3 aliphatic rings. The minimum Gasteiger partial charge on any atom is -0.508 e. The van der Waals surface area contributed by atoms with Gasteiger partial charge in [-0.15, -0.1) is 0 Å². The number of aromatic nitrogens is 1. The van der Waals surface area contributed by atoms with Crippen LogP contribution in [0.1, 0.15) is 52.6 Å². The van der Waals surface area contributed by atoms with E-state index in [2.05, 4.69) is 31.2 Å². The largest absolute Gasteiger partial charge is 0.508 e. The van der Waals surface area contributed by atoms with Gasteiger partial charge in [0.15, 0.2) is 0 Å². The second kappa shape index (κ2) is 7.80. The number of rotatable bonds is 5. The Balaban J connectivity index is 1.41. The summed E-state index contributed by atoms with van der Waals surface area (Å²) in [5, 5.41) is 9.47. The molecule has 0 saturated heterocycles. The van der Waals surface area contributed by atoms with E-state index in [1.807, 2.05) is 4.90 Å². The van der Waals surface area contributed by atoms with Gasteiger partial charge in [0.1, 0.15) is 11.5 Å². The molecule has 1 unspecified atom stereocenters. The highest BCUT2D eigenvalue weighted by molar-refractivity contribution is 5.95. The average molecular weight is 415 g/mol. The monoisotopic (exact) mass is 414 g/mol. The number of carbonyl (C=O) groups is 2. The number of hydrogen-bond donors (Lipinski definition) is 1. The summed E-state index contributed by atoms with van der Waals surface area (Å²) in [5.41, 5.74) is 6.02. The molecule has 1 aromatic carbocycles. The van der Waals surface area contributed by atoms with E-state index in [4.69, 9.17) is 4.98 Å². The third-order valence-corrected chi connectivity index (χ3v) is 6.44. The van der Waals surface area contributed by atoms with Crippen LogP contribution in [0.15, 0.2) is 42.5 Å². The fourth-order valence-corrected chi connectivity index (χ4v) is 4.59. The van der Waals surface area contributed by atoms with Crippen molar-refractivity contribution in [2.24, 2.45) is 11.8 Å². The molecule has 1 saturated carbocycles. The summed E-state index contributed by atoms with van der Waals surface area (Å²) in [6, 6.07) is 8.49. The number of benzene rings is 1. The Morgan fingerprint density at radius 1 is 1.19 bits per heavy atom. The molecule has 1 aromatic heterocycles. The lowest BCUT2D eigenvalue weighted by atomic mass is 9.87. The van der Waals surface area contributed by atoms with Crippen molar-refractivity contribution in [2.75, 3.05) is 13.1 Å². The summed E-state index contributed by atoms with van der Waals surface area (Å²) in [6.07, 6.45) is 9.66. The molecule has 2 heterocycles. The number of carbonyl (C=O) groups excluding carboxylic acids is 2. The predicted molar refractivity (Wildman–Crippen MR) is 120 cm³/mol. The molecule has 1 N–H and O–H groups in total. The van der Waals surface area contributed by atoms with Crippen LogP contribution in [0.5, 0.6) is 5.75 Å². The number of Topliss-reactive ketones (excluding diaryl/α,β-unsaturated/α-hetero) is 1. The first kappa shape index (κ1) is 19.7. The Kier molecular flexibility index (Phi) is 4.97. The van der Waals surface area contributed by atoms with Crippen LogP contribution >= 0.6 is 0 Å². The molecule has 1 aliphatic heterocycles. The Morgan fingerprint density at radius 3 is 2.68 bits per heavy atom. The summed E-state index contributed by atoms with van der Waals surface area (Å²) < 4.78 is 0. The number of fused-ring (bicyclic) bond motifs is 1. The van der Waals surface area contributed by atoms with Crippen molar-refractivity contribution in [3.05, 3.63) is 70.6 Å². The number of amides is 1. The molecule has 1 fully saturated rings. The number of hydrogen-bond acceptors (Lipinski definition) is 4. The van der Waals surface area contributed by atoms with Crippen LogP contribution in [0.2, 0.25) is 0 Å². The van der Waals surface area contributed by atoms with Crippen molar-refractivity contribution in [1.82, 2.24) is 9.88 Å². The van der Waals surface area contributed by atoms with Crippen molar-refractivity contribution in [3.8, 4) is 5.75 Å². The average Bonchev–Trinajstić information content (AvgIpc) is 3.51. The van der Waals surface area contributed by atoms with Crippen molar-refractivity contribution in [1.29, 1.82) is 0 Å². The van der Waals surface area contributed by atoms with Gasteiger partial charge < -0.3 is 10.0 Å². The highest BCUT2D eigenvalue weighted by atomic mass is 16.3. The molecular weight excluding hydrogens is 388 g/mol. The van der Waals surface area contributed by atoms with Gasteiger partial charge in [0.25, 0.3) is 5.91 Å². The number of ketones is 1. The molecule has 2 aromatic rings. The normalized spacial score (nSPS) is 19.8. The first-order chi connectivity index (χ1) is 15.0. The molecule has 158 valence electrons. The van der Waals surface area contributed by atoms with Crippen LogP contribution in [-0.4, -0.2) is 39.8 Å². The fraction of sp³-hybridized carbons (Fsp3) is 0.346.